The first-order valence-corrected chi connectivity index (χ1v) is 13.5. The molecule has 11 heteroatoms. The van der Waals surface area contributed by atoms with E-state index < -0.39 is 5.82 Å². The first-order chi connectivity index (χ1) is 18.6. The number of methoxy groups -OCH3 is 1. The standard InChI is InChI=1S/C28H34ClFN4O5/c1-6-16(2)23(25(36-5)26(32-4)33-22-20(29)9-17(11-31)10-21(22)30)38-24-18-12-34(13-19(24)15-37-14-18)27(35)39-28(3)7-8-28/h9-10,16,18-19,24H,4,6-8,12-15H2,1-3,5H3/b25-23-,33-26?. The van der Waals surface area contributed by atoms with Crippen LogP contribution in [0.2, 0.25) is 5.02 Å². The van der Waals surface area contributed by atoms with Gasteiger partial charge in [-0.3, -0.25) is 0 Å². The van der Waals surface area contributed by atoms with E-state index in [1.807, 2.05) is 26.8 Å². The minimum Gasteiger partial charge on any atom is -0.490 e. The number of fused-ring (bicyclic) bond motifs is 2. The number of hydrogen-bond donors (Lipinski definition) is 0. The molecular formula is C28H34ClFN4O5. The smallest absolute Gasteiger partial charge is 0.410 e. The van der Waals surface area contributed by atoms with Gasteiger partial charge in [0.1, 0.15) is 23.2 Å². The molecule has 39 heavy (non-hydrogen) atoms. The van der Waals surface area contributed by atoms with E-state index >= 15 is 0 Å². The minimum atomic E-state index is -0.771. The molecule has 3 atom stereocenters. The molecule has 2 aliphatic heterocycles. The van der Waals surface area contributed by atoms with Gasteiger partial charge < -0.3 is 23.8 Å². The molecule has 9 nitrogen and oxygen atoms in total. The molecule has 3 aliphatic rings. The van der Waals surface area contributed by atoms with E-state index in [0.717, 1.165) is 18.9 Å². The van der Waals surface area contributed by atoms with Gasteiger partial charge in [0.15, 0.2) is 11.7 Å². The third kappa shape index (κ3) is 6.36. The lowest BCUT2D eigenvalue weighted by atomic mass is 9.84. The summed E-state index contributed by atoms with van der Waals surface area (Å²) in [5.41, 5.74) is -0.455. The van der Waals surface area contributed by atoms with Crippen molar-refractivity contribution in [1.82, 2.24) is 4.90 Å². The number of amidine groups is 1. The zero-order chi connectivity index (χ0) is 28.3. The summed E-state index contributed by atoms with van der Waals surface area (Å²) < 4.78 is 38.7. The molecule has 1 aliphatic carbocycles. The predicted octanol–water partition coefficient (Wildman–Crippen LogP) is 5.64. The topological polar surface area (TPSA) is 106 Å². The van der Waals surface area contributed by atoms with E-state index in [1.165, 1.54) is 13.2 Å². The highest BCUT2D eigenvalue weighted by atomic mass is 35.5. The summed E-state index contributed by atoms with van der Waals surface area (Å²) in [4.78, 5) is 22.9. The number of carbonyl (C=O) groups is 1. The number of nitriles is 1. The third-order valence-corrected chi connectivity index (χ3v) is 7.80. The number of hydrogen-bond acceptors (Lipinski definition) is 7. The second-order valence-electron chi connectivity index (χ2n) is 10.6. The van der Waals surface area contributed by atoms with Crippen LogP contribution in [-0.2, 0) is 18.9 Å². The van der Waals surface area contributed by atoms with Crippen LogP contribution in [0.5, 0.6) is 0 Å². The number of aliphatic imine (C=N–C) groups is 2. The van der Waals surface area contributed by atoms with Crippen molar-refractivity contribution < 1.29 is 28.1 Å². The average Bonchev–Trinajstić information content (AvgIpc) is 3.64. The molecule has 2 bridgehead atoms. The molecular weight excluding hydrogens is 527 g/mol. The first kappa shape index (κ1) is 28.8. The van der Waals surface area contributed by atoms with Crippen LogP contribution in [0, 0.1) is 34.9 Å². The van der Waals surface area contributed by atoms with Gasteiger partial charge in [-0.25, -0.2) is 19.2 Å². The highest BCUT2D eigenvalue weighted by Gasteiger charge is 2.47. The van der Waals surface area contributed by atoms with Gasteiger partial charge in [-0.05, 0) is 45.0 Å². The van der Waals surface area contributed by atoms with Crippen LogP contribution in [0.1, 0.15) is 45.6 Å². The predicted molar refractivity (Wildman–Crippen MR) is 145 cm³/mol. The SMILES string of the molecule is C=NC(=Nc1c(F)cc(C#N)cc1Cl)/C(OC)=C(/OC1C2COCC1CN(C(=O)OC1(C)CC1)C2)C(C)CC. The number of halogens is 2. The van der Waals surface area contributed by atoms with Crippen LogP contribution < -0.4 is 0 Å². The van der Waals surface area contributed by atoms with Crippen LogP contribution in [0.4, 0.5) is 14.9 Å². The number of carbonyl (C=O) groups excluding carboxylic acids is 1. The van der Waals surface area contributed by atoms with Gasteiger partial charge in [-0.15, -0.1) is 0 Å². The highest BCUT2D eigenvalue weighted by Crippen LogP contribution is 2.41. The zero-order valence-corrected chi connectivity index (χ0v) is 23.5. The summed E-state index contributed by atoms with van der Waals surface area (Å²) in [5.74, 6) is -0.339. The quantitative estimate of drug-likeness (QED) is 0.231. The summed E-state index contributed by atoms with van der Waals surface area (Å²) in [6.07, 6.45) is 1.93. The summed E-state index contributed by atoms with van der Waals surface area (Å²) in [5, 5.41) is 9.05. The maximum Gasteiger partial charge on any atom is 0.410 e. The molecule has 1 saturated carbocycles. The number of amides is 1. The molecule has 2 saturated heterocycles. The van der Waals surface area contributed by atoms with Gasteiger partial charge in [0, 0.05) is 30.8 Å². The molecule has 0 aromatic heterocycles. The lowest BCUT2D eigenvalue weighted by Crippen LogP contribution is -2.58. The van der Waals surface area contributed by atoms with Gasteiger partial charge in [0.2, 0.25) is 5.76 Å². The lowest BCUT2D eigenvalue weighted by Gasteiger charge is -2.46. The Morgan fingerprint density at radius 3 is 2.54 bits per heavy atom. The number of allylic oxidation sites excluding steroid dienone is 1. The molecule has 0 radical (unpaired) electrons. The van der Waals surface area contributed by atoms with Gasteiger partial charge in [0.25, 0.3) is 0 Å². The van der Waals surface area contributed by atoms with Crippen molar-refractivity contribution in [2.75, 3.05) is 33.4 Å². The Morgan fingerprint density at radius 1 is 1.36 bits per heavy atom. The largest absolute Gasteiger partial charge is 0.490 e. The fourth-order valence-corrected chi connectivity index (χ4v) is 5.07. The highest BCUT2D eigenvalue weighted by molar-refractivity contribution is 6.33. The Labute approximate surface area is 233 Å². The van der Waals surface area contributed by atoms with Crippen molar-refractivity contribution in [1.29, 1.82) is 5.26 Å². The lowest BCUT2D eigenvalue weighted by molar-refractivity contribution is -0.135. The van der Waals surface area contributed by atoms with E-state index in [4.69, 9.17) is 35.8 Å². The third-order valence-electron chi connectivity index (χ3n) is 7.52. The molecule has 0 spiro atoms. The number of likely N-dealkylation sites (tertiary alicyclic amines) is 1. The summed E-state index contributed by atoms with van der Waals surface area (Å²) in [6, 6.07) is 4.24. The van der Waals surface area contributed by atoms with E-state index in [9.17, 15) is 9.18 Å². The number of benzene rings is 1. The molecule has 0 N–H and O–H groups in total. The van der Waals surface area contributed by atoms with Crippen molar-refractivity contribution in [3.05, 3.63) is 40.1 Å². The van der Waals surface area contributed by atoms with Crippen LogP contribution in [0.25, 0.3) is 0 Å². The van der Waals surface area contributed by atoms with E-state index in [2.05, 4.69) is 16.7 Å². The summed E-state index contributed by atoms with van der Waals surface area (Å²) >= 11 is 6.23. The van der Waals surface area contributed by atoms with Crippen LogP contribution in [-0.4, -0.2) is 68.7 Å². The summed E-state index contributed by atoms with van der Waals surface area (Å²) in [7, 11) is 1.46. The molecule has 2 heterocycles. The maximum absolute atomic E-state index is 14.8. The van der Waals surface area contributed by atoms with Crippen molar-refractivity contribution in [2.45, 2.75) is 51.7 Å². The van der Waals surface area contributed by atoms with Crippen molar-refractivity contribution in [3.63, 3.8) is 0 Å². The number of rotatable bonds is 8. The fraction of sp³-hybridized carbons (Fsp3) is 0.571. The normalized spacial score (nSPS) is 25.1. The second-order valence-corrected chi connectivity index (χ2v) is 11.0. The first-order valence-electron chi connectivity index (χ1n) is 13.1. The molecule has 1 aromatic rings. The van der Waals surface area contributed by atoms with Crippen molar-refractivity contribution in [2.24, 2.45) is 27.7 Å². The van der Waals surface area contributed by atoms with Crippen LogP contribution in [0.15, 0.2) is 33.6 Å². The molecule has 210 valence electrons. The van der Waals surface area contributed by atoms with Crippen molar-refractivity contribution >= 4 is 35.9 Å². The van der Waals surface area contributed by atoms with E-state index in [0.29, 0.717) is 38.5 Å². The van der Waals surface area contributed by atoms with Gasteiger partial charge in [-0.1, -0.05) is 25.4 Å². The van der Waals surface area contributed by atoms with Gasteiger partial charge in [-0.2, -0.15) is 5.26 Å². The molecule has 1 aromatic carbocycles. The number of ether oxygens (including phenoxy) is 4. The Bertz CT molecular complexity index is 1190. The average molecular weight is 561 g/mol. The number of nitrogens with zero attached hydrogens (tertiary/aromatic N) is 4. The van der Waals surface area contributed by atoms with Crippen LogP contribution >= 0.6 is 11.6 Å². The molecule has 1 amide bonds. The Morgan fingerprint density at radius 2 is 2.03 bits per heavy atom. The molecule has 3 unspecified atom stereocenters. The van der Waals surface area contributed by atoms with Crippen molar-refractivity contribution in [3.8, 4) is 6.07 Å². The zero-order valence-electron chi connectivity index (χ0n) is 22.7. The minimum absolute atomic E-state index is 0.00147. The van der Waals surface area contributed by atoms with E-state index in [-0.39, 0.29) is 63.4 Å². The Kier molecular flexibility index (Phi) is 8.82. The van der Waals surface area contributed by atoms with Gasteiger partial charge >= 0.3 is 6.09 Å². The van der Waals surface area contributed by atoms with Crippen LogP contribution in [0.3, 0.4) is 0 Å². The number of piperidine rings is 1. The summed E-state index contributed by atoms with van der Waals surface area (Å²) in [6.45, 7) is 11.3. The second kappa shape index (κ2) is 11.9. The van der Waals surface area contributed by atoms with E-state index in [1.54, 1.807) is 4.90 Å². The monoisotopic (exact) mass is 560 g/mol. The maximum atomic E-state index is 14.8. The van der Waals surface area contributed by atoms with Gasteiger partial charge in [0.05, 0.1) is 37.0 Å². The Hall–Kier alpha value is -3.16. The molecule has 4 rings (SSSR count). The fourth-order valence-electron chi connectivity index (χ4n) is 4.82. The Balaban J connectivity index is 1.65. The molecule has 3 fully saturated rings.